The van der Waals surface area contributed by atoms with E-state index in [1.807, 2.05) is 31.2 Å². The Bertz CT molecular complexity index is 1440. The average molecular weight is 545 g/mol. The molecule has 2 aromatic rings. The summed E-state index contributed by atoms with van der Waals surface area (Å²) < 4.78 is 50.6. The van der Waals surface area contributed by atoms with Crippen LogP contribution in [0, 0.1) is 12.3 Å². The summed E-state index contributed by atoms with van der Waals surface area (Å²) in [7, 11) is -0.828. The van der Waals surface area contributed by atoms with E-state index in [2.05, 4.69) is 9.39 Å². The Morgan fingerprint density at radius 3 is 2.38 bits per heavy atom. The summed E-state index contributed by atoms with van der Waals surface area (Å²) in [5.41, 5.74) is 1.42. The lowest BCUT2D eigenvalue weighted by molar-refractivity contribution is -0.114. The number of aryl methyl sites for hydroxylation is 1. The van der Waals surface area contributed by atoms with Crippen molar-refractivity contribution in [2.45, 2.75) is 6.92 Å². The van der Waals surface area contributed by atoms with Crippen molar-refractivity contribution in [1.29, 1.82) is 5.41 Å². The van der Waals surface area contributed by atoms with E-state index < -0.39 is 15.7 Å². The van der Waals surface area contributed by atoms with Crippen LogP contribution in [0.4, 0.5) is 0 Å². The van der Waals surface area contributed by atoms with Crippen molar-refractivity contribution in [3.8, 4) is 23.0 Å². The van der Waals surface area contributed by atoms with E-state index in [1.54, 1.807) is 12.1 Å². The first kappa shape index (κ1) is 26.2. The zero-order valence-corrected chi connectivity index (χ0v) is 22.1. The molecular weight excluding hydrogens is 520 g/mol. The van der Waals surface area contributed by atoms with Crippen LogP contribution in [0.5, 0.6) is 23.0 Å². The first-order valence-electron chi connectivity index (χ1n) is 10.9. The lowest BCUT2D eigenvalue weighted by Gasteiger charge is -2.24. The molecule has 0 bridgehead atoms. The summed E-state index contributed by atoms with van der Waals surface area (Å²) >= 11 is 0.729. The van der Waals surface area contributed by atoms with Gasteiger partial charge in [-0.25, -0.2) is 13.3 Å². The zero-order chi connectivity index (χ0) is 26.7. The van der Waals surface area contributed by atoms with Gasteiger partial charge in [0, 0.05) is 6.26 Å². The smallest absolute Gasteiger partial charge is 0.283 e. The first-order chi connectivity index (χ1) is 17.6. The van der Waals surface area contributed by atoms with Crippen molar-refractivity contribution >= 4 is 49.9 Å². The van der Waals surface area contributed by atoms with Crippen LogP contribution in [0.15, 0.2) is 51.4 Å². The van der Waals surface area contributed by atoms with Gasteiger partial charge in [-0.2, -0.15) is 9.39 Å². The molecule has 194 valence electrons. The van der Waals surface area contributed by atoms with Crippen molar-refractivity contribution < 1.29 is 32.2 Å². The zero-order valence-electron chi connectivity index (χ0n) is 20.5. The maximum Gasteiger partial charge on any atom is 0.283 e. The fourth-order valence-electron chi connectivity index (χ4n) is 3.54. The van der Waals surface area contributed by atoms with E-state index in [0.29, 0.717) is 22.8 Å². The molecule has 0 unspecified atom stereocenters. The SMILES string of the molecule is COc1cc(/C=C2/C(=N)N3C(=NC2=O)SN=C3S(C)(=O)=O)cc(OC)c1OCCOc1cccc(C)c1. The summed E-state index contributed by atoms with van der Waals surface area (Å²) in [5.74, 6) is 0.686. The van der Waals surface area contributed by atoms with Gasteiger partial charge in [0.05, 0.1) is 31.7 Å². The maximum atomic E-state index is 12.7. The number of nitrogens with one attached hydrogen (secondary N) is 1. The summed E-state index contributed by atoms with van der Waals surface area (Å²) in [6.07, 6.45) is 2.38. The topological polar surface area (TPSA) is 140 Å². The molecule has 1 N–H and O–H groups in total. The van der Waals surface area contributed by atoms with Crippen LogP contribution in [-0.4, -0.2) is 69.1 Å². The molecule has 2 aliphatic heterocycles. The molecule has 37 heavy (non-hydrogen) atoms. The van der Waals surface area contributed by atoms with E-state index in [1.165, 1.54) is 20.3 Å². The number of aliphatic imine (C=N–C) groups is 1. The molecule has 0 radical (unpaired) electrons. The van der Waals surface area contributed by atoms with Gasteiger partial charge in [-0.05, 0) is 48.4 Å². The number of methoxy groups -OCH3 is 2. The number of carbonyl (C=O) groups excluding carboxylic acids is 1. The van der Waals surface area contributed by atoms with Crippen LogP contribution in [0.25, 0.3) is 6.08 Å². The molecule has 1 amide bonds. The number of hydrogen-bond acceptors (Lipinski definition) is 10. The van der Waals surface area contributed by atoms with Crippen LogP contribution in [0.2, 0.25) is 0 Å². The fourth-order valence-corrected chi connectivity index (χ4v) is 5.38. The monoisotopic (exact) mass is 544 g/mol. The van der Waals surface area contributed by atoms with Gasteiger partial charge in [0.25, 0.3) is 5.91 Å². The lowest BCUT2D eigenvalue weighted by atomic mass is 10.1. The van der Waals surface area contributed by atoms with Gasteiger partial charge in [-0.15, -0.1) is 0 Å². The predicted octanol–water partition coefficient (Wildman–Crippen LogP) is 3.09. The number of benzene rings is 2. The number of nitrogens with zero attached hydrogens (tertiary/aromatic N) is 3. The minimum Gasteiger partial charge on any atom is -0.493 e. The Labute approximate surface area is 218 Å². The number of sulfone groups is 1. The number of rotatable bonds is 8. The van der Waals surface area contributed by atoms with E-state index in [0.717, 1.165) is 34.4 Å². The van der Waals surface area contributed by atoms with Crippen LogP contribution in [-0.2, 0) is 14.6 Å². The second-order valence-corrected chi connectivity index (χ2v) is 10.6. The average Bonchev–Trinajstić information content (AvgIpc) is 3.29. The van der Waals surface area contributed by atoms with Crippen LogP contribution >= 0.6 is 11.9 Å². The van der Waals surface area contributed by atoms with Crippen molar-refractivity contribution in [3.05, 3.63) is 53.1 Å². The van der Waals surface area contributed by atoms with Gasteiger partial charge < -0.3 is 18.9 Å². The molecule has 0 atom stereocenters. The Balaban J connectivity index is 1.57. The van der Waals surface area contributed by atoms with Gasteiger partial charge in [0.15, 0.2) is 11.5 Å². The van der Waals surface area contributed by atoms with Gasteiger partial charge in [-0.3, -0.25) is 10.2 Å². The highest BCUT2D eigenvalue weighted by Gasteiger charge is 2.41. The van der Waals surface area contributed by atoms with E-state index in [-0.39, 0.29) is 35.0 Å². The van der Waals surface area contributed by atoms with E-state index in [9.17, 15) is 13.2 Å². The maximum absolute atomic E-state index is 12.7. The Morgan fingerprint density at radius 1 is 1.08 bits per heavy atom. The minimum atomic E-state index is -3.75. The molecule has 2 aromatic carbocycles. The molecule has 0 saturated carbocycles. The molecule has 0 saturated heterocycles. The molecule has 4 rings (SSSR count). The highest BCUT2D eigenvalue weighted by atomic mass is 32.2. The van der Waals surface area contributed by atoms with Crippen molar-refractivity contribution in [3.63, 3.8) is 0 Å². The van der Waals surface area contributed by atoms with Gasteiger partial charge >= 0.3 is 0 Å². The number of ether oxygens (including phenoxy) is 4. The number of amides is 1. The van der Waals surface area contributed by atoms with Crippen molar-refractivity contribution in [1.82, 2.24) is 4.90 Å². The molecule has 13 heteroatoms. The third kappa shape index (κ3) is 5.62. The Hall–Kier alpha value is -3.84. The van der Waals surface area contributed by atoms with Crippen LogP contribution < -0.4 is 18.9 Å². The van der Waals surface area contributed by atoms with Crippen molar-refractivity contribution in [2.75, 3.05) is 33.7 Å². The van der Waals surface area contributed by atoms with Crippen LogP contribution in [0.3, 0.4) is 0 Å². The minimum absolute atomic E-state index is 0.0133. The van der Waals surface area contributed by atoms with Gasteiger partial charge in [-0.1, -0.05) is 12.1 Å². The second kappa shape index (κ2) is 10.6. The molecule has 2 aliphatic rings. The quantitative estimate of drug-likeness (QED) is 0.302. The molecule has 0 fully saturated rings. The molecule has 0 aliphatic carbocycles. The number of fused-ring (bicyclic) bond motifs is 1. The number of hydrogen-bond donors (Lipinski definition) is 1. The highest BCUT2D eigenvalue weighted by Crippen LogP contribution is 2.39. The Morgan fingerprint density at radius 2 is 1.76 bits per heavy atom. The van der Waals surface area contributed by atoms with Gasteiger partial charge in [0.2, 0.25) is 25.9 Å². The summed E-state index contributed by atoms with van der Waals surface area (Å²) in [6, 6.07) is 10.9. The normalized spacial score (nSPS) is 16.3. The largest absolute Gasteiger partial charge is 0.493 e. The summed E-state index contributed by atoms with van der Waals surface area (Å²) in [6.45, 7) is 2.47. The first-order valence-corrected chi connectivity index (χ1v) is 13.6. The third-order valence-corrected chi connectivity index (χ3v) is 6.96. The third-order valence-electron chi connectivity index (χ3n) is 5.21. The molecular formula is C24H24N4O7S2. The van der Waals surface area contributed by atoms with Gasteiger partial charge in [0.1, 0.15) is 24.8 Å². The second-order valence-electron chi connectivity index (χ2n) is 7.95. The molecule has 0 aromatic heterocycles. The molecule has 0 spiro atoms. The molecule has 2 heterocycles. The Kier molecular flexibility index (Phi) is 7.55. The summed E-state index contributed by atoms with van der Waals surface area (Å²) in [4.78, 5) is 17.6. The lowest BCUT2D eigenvalue weighted by Crippen LogP contribution is -2.45. The standard InChI is InChI=1S/C24H24N4O7S2/c1-14-6-5-7-16(10-14)34-8-9-35-20-18(32-2)12-15(13-19(20)33-3)11-17-21(25)28-23(26-22(17)29)36-27-24(28)37(4,30)31/h5-7,10-13,25H,8-9H2,1-4H3/b17-11-,25-21?. The summed E-state index contributed by atoms with van der Waals surface area (Å²) in [5, 5.41) is 8.15. The number of carbonyl (C=O) groups is 1. The van der Waals surface area contributed by atoms with Crippen molar-refractivity contribution in [2.24, 2.45) is 9.39 Å². The highest BCUT2D eigenvalue weighted by molar-refractivity contribution is 8.16. The van der Waals surface area contributed by atoms with E-state index >= 15 is 0 Å². The van der Waals surface area contributed by atoms with Crippen LogP contribution in [0.1, 0.15) is 11.1 Å². The fraction of sp³-hybridized carbons (Fsp3) is 0.250. The van der Waals surface area contributed by atoms with E-state index in [4.69, 9.17) is 24.4 Å². The predicted molar refractivity (Wildman–Crippen MR) is 142 cm³/mol. The number of amidine groups is 3. The molecule has 11 nitrogen and oxygen atoms in total.